The van der Waals surface area contributed by atoms with Crippen molar-refractivity contribution in [1.82, 2.24) is 19.2 Å². The van der Waals surface area contributed by atoms with Crippen molar-refractivity contribution in [3.05, 3.63) is 64.4 Å². The van der Waals surface area contributed by atoms with Crippen LogP contribution in [0.5, 0.6) is 0 Å². The van der Waals surface area contributed by atoms with E-state index in [1.807, 2.05) is 22.6 Å². The minimum absolute atomic E-state index is 0.0404. The Kier molecular flexibility index (Phi) is 6.74. The number of esters is 1. The van der Waals surface area contributed by atoms with Crippen LogP contribution < -0.4 is 10.9 Å². The molecule has 0 spiro atoms. The predicted octanol–water partition coefficient (Wildman–Crippen LogP) is 3.36. The summed E-state index contributed by atoms with van der Waals surface area (Å²) in [6, 6.07) is 13.9. The Morgan fingerprint density at radius 2 is 1.85 bits per heavy atom. The van der Waals surface area contributed by atoms with Gasteiger partial charge in [0.25, 0.3) is 5.56 Å². The van der Waals surface area contributed by atoms with Gasteiger partial charge in [-0.1, -0.05) is 49.4 Å². The van der Waals surface area contributed by atoms with Crippen LogP contribution in [-0.2, 0) is 16.1 Å². The first-order valence-corrected chi connectivity index (χ1v) is 11.5. The number of unbranched alkanes of at least 4 members (excludes halogenated alkanes) is 1. The number of hydrogen-bond acceptors (Lipinski definition) is 7. The minimum atomic E-state index is -0.529. The average molecular weight is 466 g/mol. The molecule has 9 nitrogen and oxygen atoms in total. The maximum Gasteiger partial charge on any atom is 0.339 e. The molecular weight excluding hydrogens is 442 g/mol. The molecule has 0 aliphatic heterocycles. The third-order valence-electron chi connectivity index (χ3n) is 5.15. The summed E-state index contributed by atoms with van der Waals surface area (Å²) in [6.45, 7) is 2.60. The van der Waals surface area contributed by atoms with Crippen LogP contribution in [0.4, 0.5) is 5.69 Å². The van der Waals surface area contributed by atoms with Gasteiger partial charge in [0.15, 0.2) is 5.16 Å². The molecule has 2 aromatic carbocycles. The second-order valence-electron chi connectivity index (χ2n) is 7.32. The summed E-state index contributed by atoms with van der Waals surface area (Å²) in [4.78, 5) is 37.6. The SMILES string of the molecule is CCCCn1c(=O)c2ccccc2n2c(SCC(=O)Nc3ccccc3C(=O)OC)nnc12. The van der Waals surface area contributed by atoms with Gasteiger partial charge in [-0.3, -0.25) is 18.6 Å². The number of aryl methyl sites for hydroxylation is 1. The molecule has 0 saturated heterocycles. The predicted molar refractivity (Wildman–Crippen MR) is 127 cm³/mol. The molecule has 0 aliphatic carbocycles. The molecule has 0 fully saturated rings. The van der Waals surface area contributed by atoms with Crippen molar-refractivity contribution >= 4 is 46.0 Å². The summed E-state index contributed by atoms with van der Waals surface area (Å²) >= 11 is 1.20. The largest absolute Gasteiger partial charge is 0.465 e. The Morgan fingerprint density at radius 3 is 2.64 bits per heavy atom. The number of para-hydroxylation sites is 2. The Hall–Kier alpha value is -3.66. The van der Waals surface area contributed by atoms with E-state index >= 15 is 0 Å². The fourth-order valence-electron chi connectivity index (χ4n) is 3.54. The lowest BCUT2D eigenvalue weighted by Gasteiger charge is -2.11. The van der Waals surface area contributed by atoms with Crippen LogP contribution in [0.1, 0.15) is 30.1 Å². The molecule has 2 heterocycles. The van der Waals surface area contributed by atoms with Gasteiger partial charge in [0, 0.05) is 6.54 Å². The average Bonchev–Trinajstić information content (AvgIpc) is 3.26. The van der Waals surface area contributed by atoms with Crippen molar-refractivity contribution < 1.29 is 14.3 Å². The number of benzene rings is 2. The van der Waals surface area contributed by atoms with Gasteiger partial charge in [0.2, 0.25) is 11.7 Å². The molecule has 33 heavy (non-hydrogen) atoms. The summed E-state index contributed by atoms with van der Waals surface area (Å²) in [7, 11) is 1.29. The van der Waals surface area contributed by atoms with E-state index < -0.39 is 5.97 Å². The van der Waals surface area contributed by atoms with E-state index in [2.05, 4.69) is 22.4 Å². The van der Waals surface area contributed by atoms with Crippen molar-refractivity contribution in [2.75, 3.05) is 18.2 Å². The van der Waals surface area contributed by atoms with Gasteiger partial charge in [-0.2, -0.15) is 0 Å². The molecular formula is C23H23N5O4S. The summed E-state index contributed by atoms with van der Waals surface area (Å²) < 4.78 is 8.22. The number of carbonyl (C=O) groups is 2. The second kappa shape index (κ2) is 9.86. The number of fused-ring (bicyclic) bond motifs is 3. The number of methoxy groups -OCH3 is 1. The first-order valence-electron chi connectivity index (χ1n) is 10.5. The van der Waals surface area contributed by atoms with Crippen molar-refractivity contribution in [2.24, 2.45) is 0 Å². The first kappa shape index (κ1) is 22.5. The molecule has 0 aliphatic rings. The second-order valence-corrected chi connectivity index (χ2v) is 8.26. The van der Waals surface area contributed by atoms with Crippen LogP contribution in [-0.4, -0.2) is 43.9 Å². The van der Waals surface area contributed by atoms with Crippen molar-refractivity contribution in [3.63, 3.8) is 0 Å². The van der Waals surface area contributed by atoms with Crippen molar-refractivity contribution in [3.8, 4) is 0 Å². The number of carbonyl (C=O) groups excluding carboxylic acids is 2. The first-order chi connectivity index (χ1) is 16.0. The smallest absolute Gasteiger partial charge is 0.339 e. The summed E-state index contributed by atoms with van der Waals surface area (Å²) in [5, 5.41) is 12.3. The lowest BCUT2D eigenvalue weighted by Crippen LogP contribution is -2.23. The molecule has 4 rings (SSSR count). The van der Waals surface area contributed by atoms with E-state index in [4.69, 9.17) is 4.74 Å². The van der Waals surface area contributed by atoms with Gasteiger partial charge in [-0.05, 0) is 30.7 Å². The highest BCUT2D eigenvalue weighted by Crippen LogP contribution is 2.23. The van der Waals surface area contributed by atoms with Crippen LogP contribution >= 0.6 is 11.8 Å². The van der Waals surface area contributed by atoms with Gasteiger partial charge in [0.05, 0.1) is 35.0 Å². The maximum absolute atomic E-state index is 13.0. The highest BCUT2D eigenvalue weighted by atomic mass is 32.2. The van der Waals surface area contributed by atoms with E-state index in [1.54, 1.807) is 34.9 Å². The minimum Gasteiger partial charge on any atom is -0.465 e. The molecule has 1 N–H and O–H groups in total. The molecule has 0 unspecified atom stereocenters. The normalized spacial score (nSPS) is 11.1. The van der Waals surface area contributed by atoms with E-state index in [1.165, 1.54) is 18.9 Å². The number of hydrogen-bond donors (Lipinski definition) is 1. The van der Waals surface area contributed by atoms with Gasteiger partial charge in [-0.25, -0.2) is 4.79 Å². The molecule has 0 atom stereocenters. The van der Waals surface area contributed by atoms with Gasteiger partial charge in [0.1, 0.15) is 0 Å². The summed E-state index contributed by atoms with van der Waals surface area (Å²) in [5.41, 5.74) is 1.24. The number of ether oxygens (including phenoxy) is 1. The number of amides is 1. The molecule has 170 valence electrons. The van der Waals surface area contributed by atoms with E-state index in [0.717, 1.165) is 12.8 Å². The van der Waals surface area contributed by atoms with Gasteiger partial charge < -0.3 is 10.1 Å². The Bertz CT molecular complexity index is 1390. The van der Waals surface area contributed by atoms with Crippen LogP contribution in [0.2, 0.25) is 0 Å². The van der Waals surface area contributed by atoms with Crippen molar-refractivity contribution in [1.29, 1.82) is 0 Å². The number of anilines is 1. The van der Waals surface area contributed by atoms with Gasteiger partial charge in [-0.15, -0.1) is 10.2 Å². The van der Waals surface area contributed by atoms with Crippen LogP contribution in [0.25, 0.3) is 16.7 Å². The molecule has 4 aromatic rings. The molecule has 10 heteroatoms. The molecule has 0 saturated carbocycles. The fraction of sp³-hybridized carbons (Fsp3) is 0.261. The summed E-state index contributed by atoms with van der Waals surface area (Å²) in [6.07, 6.45) is 1.78. The number of rotatable bonds is 8. The number of thioether (sulfide) groups is 1. The Morgan fingerprint density at radius 1 is 1.09 bits per heavy atom. The molecule has 0 radical (unpaired) electrons. The maximum atomic E-state index is 13.0. The highest BCUT2D eigenvalue weighted by Gasteiger charge is 2.18. The van der Waals surface area contributed by atoms with E-state index in [0.29, 0.717) is 34.1 Å². The number of nitrogens with one attached hydrogen (secondary N) is 1. The van der Waals surface area contributed by atoms with Crippen LogP contribution in [0.15, 0.2) is 58.5 Å². The van der Waals surface area contributed by atoms with Crippen LogP contribution in [0.3, 0.4) is 0 Å². The van der Waals surface area contributed by atoms with Gasteiger partial charge >= 0.3 is 5.97 Å². The zero-order valence-electron chi connectivity index (χ0n) is 18.3. The lowest BCUT2D eigenvalue weighted by molar-refractivity contribution is -0.113. The molecule has 1 amide bonds. The highest BCUT2D eigenvalue weighted by molar-refractivity contribution is 7.99. The number of aromatic nitrogens is 4. The Balaban J connectivity index is 1.63. The van der Waals surface area contributed by atoms with Crippen molar-refractivity contribution in [2.45, 2.75) is 31.5 Å². The fourth-order valence-corrected chi connectivity index (χ4v) is 4.28. The standard InChI is InChI=1S/C23H23N5O4S/c1-3-4-13-27-20(30)16-10-6-8-12-18(16)28-22(27)25-26-23(28)33-14-19(29)24-17-11-7-5-9-15(17)21(31)32-2/h5-12H,3-4,13-14H2,1-2H3,(H,24,29). The van der Waals surface area contributed by atoms with Crippen LogP contribution in [0, 0.1) is 0 Å². The topological polar surface area (TPSA) is 108 Å². The number of nitrogens with zero attached hydrogens (tertiary/aromatic N) is 4. The monoisotopic (exact) mass is 465 g/mol. The molecule has 0 bridgehead atoms. The zero-order valence-corrected chi connectivity index (χ0v) is 19.1. The third kappa shape index (κ3) is 4.47. The quantitative estimate of drug-likeness (QED) is 0.314. The van der Waals surface area contributed by atoms with E-state index in [-0.39, 0.29) is 22.8 Å². The van der Waals surface area contributed by atoms with E-state index in [9.17, 15) is 14.4 Å². The summed E-state index contributed by atoms with van der Waals surface area (Å²) in [5.74, 6) is -0.347. The third-order valence-corrected chi connectivity index (χ3v) is 6.08. The Labute approximate surface area is 193 Å². The molecule has 2 aromatic heterocycles. The lowest BCUT2D eigenvalue weighted by atomic mass is 10.2. The zero-order chi connectivity index (χ0) is 23.4.